The molecular formula is C17H21N3O2. The van der Waals surface area contributed by atoms with E-state index in [1.807, 2.05) is 18.3 Å². The Morgan fingerprint density at radius 3 is 2.82 bits per heavy atom. The molecule has 0 atom stereocenters. The Morgan fingerprint density at radius 1 is 1.27 bits per heavy atom. The van der Waals surface area contributed by atoms with Crippen LogP contribution in [0.2, 0.25) is 0 Å². The van der Waals surface area contributed by atoms with Gasteiger partial charge in [0.1, 0.15) is 0 Å². The molecule has 1 amide bonds. The summed E-state index contributed by atoms with van der Waals surface area (Å²) in [6.45, 7) is 3.74. The van der Waals surface area contributed by atoms with Gasteiger partial charge in [0.2, 0.25) is 0 Å². The molecule has 22 heavy (non-hydrogen) atoms. The molecule has 0 aliphatic carbocycles. The van der Waals surface area contributed by atoms with Gasteiger partial charge in [0.25, 0.3) is 5.91 Å². The second-order valence-corrected chi connectivity index (χ2v) is 5.73. The number of carbonyl (C=O) groups excluding carboxylic acids is 1. The Kier molecular flexibility index (Phi) is 4.85. The summed E-state index contributed by atoms with van der Waals surface area (Å²) in [7, 11) is 0. The molecule has 0 saturated carbocycles. The molecule has 1 saturated heterocycles. The van der Waals surface area contributed by atoms with E-state index < -0.39 is 0 Å². The molecule has 3 rings (SSSR count). The number of aromatic nitrogens is 1. The highest BCUT2D eigenvalue weighted by Crippen LogP contribution is 2.18. The molecule has 2 aromatic rings. The molecule has 5 heteroatoms. The van der Waals surface area contributed by atoms with Gasteiger partial charge in [-0.1, -0.05) is 6.07 Å². The SMILES string of the molecule is O=C(NCC1CCN(Cc2ccccn2)CC1)c1ccco1. The number of hydrogen-bond acceptors (Lipinski definition) is 4. The van der Waals surface area contributed by atoms with E-state index in [-0.39, 0.29) is 5.91 Å². The monoisotopic (exact) mass is 299 g/mol. The van der Waals surface area contributed by atoms with Crippen molar-refractivity contribution >= 4 is 5.91 Å². The topological polar surface area (TPSA) is 58.4 Å². The second-order valence-electron chi connectivity index (χ2n) is 5.73. The van der Waals surface area contributed by atoms with Crippen LogP contribution in [-0.2, 0) is 6.54 Å². The highest BCUT2D eigenvalue weighted by molar-refractivity contribution is 5.91. The minimum atomic E-state index is -0.124. The summed E-state index contributed by atoms with van der Waals surface area (Å²) in [6.07, 6.45) is 5.56. The van der Waals surface area contributed by atoms with Crippen molar-refractivity contribution in [3.8, 4) is 0 Å². The first-order valence-electron chi connectivity index (χ1n) is 7.75. The number of nitrogens with zero attached hydrogens (tertiary/aromatic N) is 2. The molecule has 3 heterocycles. The van der Waals surface area contributed by atoms with Crippen LogP contribution in [-0.4, -0.2) is 35.4 Å². The molecule has 0 radical (unpaired) electrons. The lowest BCUT2D eigenvalue weighted by molar-refractivity contribution is 0.0907. The van der Waals surface area contributed by atoms with Crippen LogP contribution in [0.15, 0.2) is 47.2 Å². The lowest BCUT2D eigenvalue weighted by atomic mass is 9.96. The van der Waals surface area contributed by atoms with Crippen LogP contribution in [0.25, 0.3) is 0 Å². The van der Waals surface area contributed by atoms with Gasteiger partial charge in [-0.25, -0.2) is 0 Å². The number of furan rings is 1. The Balaban J connectivity index is 1.39. The summed E-state index contributed by atoms with van der Waals surface area (Å²) in [6, 6.07) is 9.45. The average Bonchev–Trinajstić information content (AvgIpc) is 3.09. The molecule has 1 N–H and O–H groups in total. The maximum Gasteiger partial charge on any atom is 0.286 e. The fraction of sp³-hybridized carbons (Fsp3) is 0.412. The number of hydrogen-bond donors (Lipinski definition) is 1. The van der Waals surface area contributed by atoms with Crippen molar-refractivity contribution in [1.29, 1.82) is 0 Å². The largest absolute Gasteiger partial charge is 0.459 e. The Hall–Kier alpha value is -2.14. The van der Waals surface area contributed by atoms with E-state index >= 15 is 0 Å². The molecule has 5 nitrogen and oxygen atoms in total. The Bertz CT molecular complexity index is 575. The van der Waals surface area contributed by atoms with E-state index in [1.165, 1.54) is 6.26 Å². The van der Waals surface area contributed by atoms with E-state index in [0.717, 1.165) is 44.7 Å². The summed E-state index contributed by atoms with van der Waals surface area (Å²) in [5.41, 5.74) is 1.12. The highest BCUT2D eigenvalue weighted by atomic mass is 16.3. The van der Waals surface area contributed by atoms with Crippen LogP contribution >= 0.6 is 0 Å². The van der Waals surface area contributed by atoms with E-state index in [0.29, 0.717) is 11.7 Å². The normalized spacial score (nSPS) is 16.5. The summed E-state index contributed by atoms with van der Waals surface area (Å²) in [5.74, 6) is 0.799. The van der Waals surface area contributed by atoms with Gasteiger partial charge in [-0.05, 0) is 56.1 Å². The number of nitrogens with one attached hydrogen (secondary N) is 1. The lowest BCUT2D eigenvalue weighted by Crippen LogP contribution is -2.38. The van der Waals surface area contributed by atoms with Crippen LogP contribution in [0, 0.1) is 5.92 Å². The van der Waals surface area contributed by atoms with Crippen molar-refractivity contribution in [3.63, 3.8) is 0 Å². The summed E-state index contributed by atoms with van der Waals surface area (Å²) in [4.78, 5) is 18.6. The van der Waals surface area contributed by atoms with Crippen molar-refractivity contribution in [3.05, 3.63) is 54.2 Å². The van der Waals surface area contributed by atoms with Crippen molar-refractivity contribution < 1.29 is 9.21 Å². The number of rotatable bonds is 5. The van der Waals surface area contributed by atoms with Gasteiger partial charge in [-0.15, -0.1) is 0 Å². The molecule has 0 bridgehead atoms. The molecule has 1 aliphatic rings. The zero-order valence-electron chi connectivity index (χ0n) is 12.6. The van der Waals surface area contributed by atoms with Gasteiger partial charge in [0, 0.05) is 19.3 Å². The first kappa shape index (κ1) is 14.8. The summed E-state index contributed by atoms with van der Waals surface area (Å²) in [5, 5.41) is 2.96. The molecule has 0 spiro atoms. The van der Waals surface area contributed by atoms with Crippen molar-refractivity contribution in [2.75, 3.05) is 19.6 Å². The lowest BCUT2D eigenvalue weighted by Gasteiger charge is -2.31. The number of piperidine rings is 1. The van der Waals surface area contributed by atoms with E-state index in [9.17, 15) is 4.79 Å². The van der Waals surface area contributed by atoms with Crippen LogP contribution < -0.4 is 5.32 Å². The van der Waals surface area contributed by atoms with Crippen LogP contribution in [0.1, 0.15) is 29.1 Å². The maximum absolute atomic E-state index is 11.8. The van der Waals surface area contributed by atoms with Gasteiger partial charge in [-0.3, -0.25) is 14.7 Å². The minimum absolute atomic E-state index is 0.124. The molecule has 1 fully saturated rings. The molecule has 116 valence electrons. The highest BCUT2D eigenvalue weighted by Gasteiger charge is 2.20. The van der Waals surface area contributed by atoms with Gasteiger partial charge in [-0.2, -0.15) is 0 Å². The molecule has 1 aliphatic heterocycles. The molecular weight excluding hydrogens is 278 g/mol. The standard InChI is InChI=1S/C17H21N3O2/c21-17(16-5-3-11-22-16)19-12-14-6-9-20(10-7-14)13-15-4-1-2-8-18-15/h1-5,8,11,14H,6-7,9-10,12-13H2,(H,19,21). The summed E-state index contributed by atoms with van der Waals surface area (Å²) < 4.78 is 5.09. The zero-order valence-corrected chi connectivity index (χ0v) is 12.6. The third-order valence-corrected chi connectivity index (χ3v) is 4.12. The minimum Gasteiger partial charge on any atom is -0.459 e. The van der Waals surface area contributed by atoms with E-state index in [1.54, 1.807) is 12.1 Å². The van der Waals surface area contributed by atoms with Crippen LogP contribution in [0.3, 0.4) is 0 Å². The third-order valence-electron chi connectivity index (χ3n) is 4.12. The molecule has 2 aromatic heterocycles. The predicted molar refractivity (Wildman–Crippen MR) is 83.3 cm³/mol. The van der Waals surface area contributed by atoms with Crippen molar-refractivity contribution in [2.24, 2.45) is 5.92 Å². The molecule has 0 aromatic carbocycles. The van der Waals surface area contributed by atoms with Gasteiger partial charge >= 0.3 is 0 Å². The molecule has 0 unspecified atom stereocenters. The fourth-order valence-electron chi connectivity index (χ4n) is 2.80. The Morgan fingerprint density at radius 2 is 2.14 bits per heavy atom. The van der Waals surface area contributed by atoms with Gasteiger partial charge in [0.05, 0.1) is 12.0 Å². The first-order valence-corrected chi connectivity index (χ1v) is 7.75. The number of amides is 1. The predicted octanol–water partition coefficient (Wildman–Crippen LogP) is 2.32. The zero-order chi connectivity index (χ0) is 15.2. The third kappa shape index (κ3) is 3.95. The smallest absolute Gasteiger partial charge is 0.286 e. The maximum atomic E-state index is 11.8. The fourth-order valence-corrected chi connectivity index (χ4v) is 2.80. The van der Waals surface area contributed by atoms with E-state index in [2.05, 4.69) is 21.3 Å². The van der Waals surface area contributed by atoms with Gasteiger partial charge < -0.3 is 9.73 Å². The Labute approximate surface area is 130 Å². The first-order chi connectivity index (χ1) is 10.8. The van der Waals surface area contributed by atoms with Gasteiger partial charge in [0.15, 0.2) is 5.76 Å². The van der Waals surface area contributed by atoms with Crippen LogP contribution in [0.5, 0.6) is 0 Å². The number of likely N-dealkylation sites (tertiary alicyclic amines) is 1. The van der Waals surface area contributed by atoms with Crippen molar-refractivity contribution in [2.45, 2.75) is 19.4 Å². The second kappa shape index (κ2) is 7.22. The summed E-state index contributed by atoms with van der Waals surface area (Å²) >= 11 is 0. The van der Waals surface area contributed by atoms with E-state index in [4.69, 9.17) is 4.42 Å². The number of carbonyl (C=O) groups is 1. The quantitative estimate of drug-likeness (QED) is 0.920. The van der Waals surface area contributed by atoms with Crippen LogP contribution in [0.4, 0.5) is 0 Å². The average molecular weight is 299 g/mol. The van der Waals surface area contributed by atoms with Crippen molar-refractivity contribution in [1.82, 2.24) is 15.2 Å². The number of pyridine rings is 1.